The van der Waals surface area contributed by atoms with E-state index in [1.54, 1.807) is 19.2 Å². The van der Waals surface area contributed by atoms with Crippen LogP contribution in [0.5, 0.6) is 11.5 Å². The molecule has 1 N–H and O–H groups in total. The average Bonchev–Trinajstić information content (AvgIpc) is 2.64. The molecule has 0 unspecified atom stereocenters. The lowest BCUT2D eigenvalue weighted by Crippen LogP contribution is -2.28. The molecule has 0 fully saturated rings. The summed E-state index contributed by atoms with van der Waals surface area (Å²) in [6.45, 7) is -0.166. The minimum absolute atomic E-state index is 0.00116. The van der Waals surface area contributed by atoms with E-state index in [0.717, 1.165) is 17.4 Å². The summed E-state index contributed by atoms with van der Waals surface area (Å²) in [4.78, 5) is 23.6. The van der Waals surface area contributed by atoms with Crippen molar-refractivity contribution in [2.24, 2.45) is 0 Å². The van der Waals surface area contributed by atoms with Gasteiger partial charge in [0.05, 0.1) is 19.8 Å². The molecule has 2 aromatic rings. The van der Waals surface area contributed by atoms with E-state index in [1.807, 2.05) is 12.1 Å². The molecule has 2 aromatic carbocycles. The van der Waals surface area contributed by atoms with E-state index in [2.05, 4.69) is 5.32 Å². The van der Waals surface area contributed by atoms with Crippen LogP contribution in [0.3, 0.4) is 0 Å². The molecule has 0 saturated heterocycles. The minimum atomic E-state index is -0.791. The molecule has 7 heteroatoms. The molecule has 0 radical (unpaired) electrons. The standard InChI is InChI=1S/C18H18FNO5/c1-23-14-6-3-12(4-7-14)10-20-17(21)11-25-18(22)13-5-8-16(24-2)15(19)9-13/h3-9H,10-11H2,1-2H3,(H,20,21). The van der Waals surface area contributed by atoms with Crippen LogP contribution in [0, 0.1) is 5.82 Å². The fraction of sp³-hybridized carbons (Fsp3) is 0.222. The third-order valence-electron chi connectivity index (χ3n) is 3.37. The Kier molecular flexibility index (Phi) is 6.33. The highest BCUT2D eigenvalue weighted by Gasteiger charge is 2.13. The number of methoxy groups -OCH3 is 2. The van der Waals surface area contributed by atoms with E-state index in [1.165, 1.54) is 19.2 Å². The van der Waals surface area contributed by atoms with Crippen molar-refractivity contribution in [3.05, 3.63) is 59.4 Å². The van der Waals surface area contributed by atoms with Crippen LogP contribution in [0.4, 0.5) is 4.39 Å². The minimum Gasteiger partial charge on any atom is -0.497 e. The molecule has 2 rings (SSSR count). The Morgan fingerprint density at radius 1 is 1.04 bits per heavy atom. The molecule has 0 atom stereocenters. The van der Waals surface area contributed by atoms with Crippen LogP contribution in [0.2, 0.25) is 0 Å². The molecular formula is C18H18FNO5. The first kappa shape index (κ1) is 18.3. The molecule has 0 aromatic heterocycles. The van der Waals surface area contributed by atoms with Crippen molar-refractivity contribution in [1.29, 1.82) is 0 Å². The van der Waals surface area contributed by atoms with Gasteiger partial charge < -0.3 is 19.5 Å². The Hall–Kier alpha value is -3.09. The number of nitrogens with one attached hydrogen (secondary N) is 1. The van der Waals surface area contributed by atoms with Crippen molar-refractivity contribution in [3.8, 4) is 11.5 Å². The van der Waals surface area contributed by atoms with E-state index in [9.17, 15) is 14.0 Å². The van der Waals surface area contributed by atoms with E-state index in [4.69, 9.17) is 14.2 Å². The second-order valence-electron chi connectivity index (χ2n) is 5.05. The van der Waals surface area contributed by atoms with E-state index < -0.39 is 24.3 Å². The van der Waals surface area contributed by atoms with Crippen LogP contribution in [0.15, 0.2) is 42.5 Å². The quantitative estimate of drug-likeness (QED) is 0.778. The predicted octanol–water partition coefficient (Wildman–Crippen LogP) is 2.32. The maximum atomic E-state index is 13.6. The summed E-state index contributed by atoms with van der Waals surface area (Å²) in [5, 5.41) is 2.62. The highest BCUT2D eigenvalue weighted by molar-refractivity contribution is 5.91. The first-order valence-corrected chi connectivity index (χ1v) is 7.43. The van der Waals surface area contributed by atoms with Crippen molar-refractivity contribution in [3.63, 3.8) is 0 Å². The number of carbonyl (C=O) groups excluding carboxylic acids is 2. The number of halogens is 1. The topological polar surface area (TPSA) is 73.9 Å². The Morgan fingerprint density at radius 2 is 1.76 bits per heavy atom. The summed E-state index contributed by atoms with van der Waals surface area (Å²) < 4.78 is 28.2. The van der Waals surface area contributed by atoms with E-state index in [-0.39, 0.29) is 17.9 Å². The average molecular weight is 347 g/mol. The van der Waals surface area contributed by atoms with Crippen molar-refractivity contribution in [2.45, 2.75) is 6.54 Å². The van der Waals surface area contributed by atoms with E-state index >= 15 is 0 Å². The zero-order valence-electron chi connectivity index (χ0n) is 13.9. The fourth-order valence-corrected chi connectivity index (χ4v) is 2.00. The number of benzene rings is 2. The van der Waals surface area contributed by atoms with Gasteiger partial charge in [-0.05, 0) is 35.9 Å². The number of amides is 1. The lowest BCUT2D eigenvalue weighted by molar-refractivity contribution is -0.124. The summed E-state index contributed by atoms with van der Waals surface area (Å²) in [5.41, 5.74) is 0.874. The molecular weight excluding hydrogens is 329 g/mol. The Labute approximate surface area is 144 Å². The molecule has 0 aliphatic heterocycles. The molecule has 0 aliphatic carbocycles. The zero-order valence-corrected chi connectivity index (χ0v) is 13.9. The first-order valence-electron chi connectivity index (χ1n) is 7.43. The van der Waals surface area contributed by atoms with Gasteiger partial charge in [0, 0.05) is 6.54 Å². The lowest BCUT2D eigenvalue weighted by Gasteiger charge is -2.08. The van der Waals surface area contributed by atoms with Gasteiger partial charge in [-0.15, -0.1) is 0 Å². The van der Waals surface area contributed by atoms with Crippen LogP contribution in [0.25, 0.3) is 0 Å². The zero-order chi connectivity index (χ0) is 18.2. The summed E-state index contributed by atoms with van der Waals surface area (Å²) in [7, 11) is 2.89. The molecule has 1 amide bonds. The molecule has 6 nitrogen and oxygen atoms in total. The summed E-state index contributed by atoms with van der Waals surface area (Å²) >= 11 is 0. The fourth-order valence-electron chi connectivity index (χ4n) is 2.00. The van der Waals surface area contributed by atoms with Gasteiger partial charge in [0.2, 0.25) is 0 Å². The summed E-state index contributed by atoms with van der Waals surface area (Å²) in [5.74, 6) is -1.19. The van der Waals surface area contributed by atoms with Crippen LogP contribution in [0.1, 0.15) is 15.9 Å². The van der Waals surface area contributed by atoms with Gasteiger partial charge in [0.25, 0.3) is 5.91 Å². The third kappa shape index (κ3) is 5.20. The molecule has 0 spiro atoms. The summed E-state index contributed by atoms with van der Waals surface area (Å²) in [6, 6.07) is 10.8. The maximum Gasteiger partial charge on any atom is 0.338 e. The first-order chi connectivity index (χ1) is 12.0. The Balaban J connectivity index is 1.80. The summed E-state index contributed by atoms with van der Waals surface area (Å²) in [6.07, 6.45) is 0. The molecule has 132 valence electrons. The van der Waals surface area contributed by atoms with Crippen molar-refractivity contribution in [1.82, 2.24) is 5.32 Å². The van der Waals surface area contributed by atoms with Crippen molar-refractivity contribution >= 4 is 11.9 Å². The van der Waals surface area contributed by atoms with Crippen molar-refractivity contribution in [2.75, 3.05) is 20.8 Å². The highest BCUT2D eigenvalue weighted by atomic mass is 19.1. The normalized spacial score (nSPS) is 10.0. The number of esters is 1. The van der Waals surface area contributed by atoms with Gasteiger partial charge in [0.1, 0.15) is 5.75 Å². The van der Waals surface area contributed by atoms with Crippen LogP contribution >= 0.6 is 0 Å². The lowest BCUT2D eigenvalue weighted by atomic mass is 10.2. The Bertz CT molecular complexity index is 746. The van der Waals surface area contributed by atoms with Gasteiger partial charge >= 0.3 is 5.97 Å². The van der Waals surface area contributed by atoms with Crippen LogP contribution in [-0.2, 0) is 16.1 Å². The van der Waals surface area contributed by atoms with Gasteiger partial charge in [-0.2, -0.15) is 0 Å². The number of rotatable bonds is 7. The van der Waals surface area contributed by atoms with Crippen LogP contribution < -0.4 is 14.8 Å². The second kappa shape index (κ2) is 8.68. The largest absolute Gasteiger partial charge is 0.497 e. The number of ether oxygens (including phenoxy) is 3. The molecule has 0 aliphatic rings. The van der Waals surface area contributed by atoms with Gasteiger partial charge in [-0.1, -0.05) is 12.1 Å². The van der Waals surface area contributed by atoms with Crippen LogP contribution in [-0.4, -0.2) is 32.7 Å². The maximum absolute atomic E-state index is 13.6. The van der Waals surface area contributed by atoms with E-state index in [0.29, 0.717) is 0 Å². The van der Waals surface area contributed by atoms with Crippen molar-refractivity contribution < 1.29 is 28.2 Å². The second-order valence-corrected chi connectivity index (χ2v) is 5.05. The Morgan fingerprint density at radius 3 is 2.36 bits per heavy atom. The highest BCUT2D eigenvalue weighted by Crippen LogP contribution is 2.18. The number of hydrogen-bond acceptors (Lipinski definition) is 5. The molecule has 0 bridgehead atoms. The van der Waals surface area contributed by atoms with Gasteiger partial charge in [0.15, 0.2) is 18.2 Å². The molecule has 0 heterocycles. The number of hydrogen-bond donors (Lipinski definition) is 1. The monoisotopic (exact) mass is 347 g/mol. The van der Waals surface area contributed by atoms with Gasteiger partial charge in [-0.25, -0.2) is 9.18 Å². The SMILES string of the molecule is COc1ccc(CNC(=O)COC(=O)c2ccc(OC)c(F)c2)cc1. The molecule has 25 heavy (non-hydrogen) atoms. The molecule has 0 saturated carbocycles. The number of carbonyl (C=O) groups is 2. The smallest absolute Gasteiger partial charge is 0.338 e. The van der Waals surface area contributed by atoms with Gasteiger partial charge in [-0.3, -0.25) is 4.79 Å². The third-order valence-corrected chi connectivity index (χ3v) is 3.37. The predicted molar refractivity (Wildman–Crippen MR) is 88.1 cm³/mol.